The van der Waals surface area contributed by atoms with Gasteiger partial charge in [-0.05, 0) is 44.5 Å². The molecule has 23 heavy (non-hydrogen) atoms. The first-order valence-corrected chi connectivity index (χ1v) is 8.63. The van der Waals surface area contributed by atoms with E-state index in [1.165, 1.54) is 0 Å². The molecule has 2 fully saturated rings. The number of piperidine rings is 1. The van der Waals surface area contributed by atoms with Crippen LogP contribution in [0.2, 0.25) is 10.0 Å². The van der Waals surface area contributed by atoms with Crippen molar-refractivity contribution in [2.24, 2.45) is 5.92 Å². The molecule has 0 saturated carbocycles. The van der Waals surface area contributed by atoms with Crippen molar-refractivity contribution in [1.82, 2.24) is 21.5 Å². The van der Waals surface area contributed by atoms with Crippen LogP contribution in [0.3, 0.4) is 0 Å². The molecule has 0 aromatic heterocycles. The van der Waals surface area contributed by atoms with Crippen molar-refractivity contribution in [3.8, 4) is 0 Å². The van der Waals surface area contributed by atoms with Gasteiger partial charge in [-0.15, -0.1) is 0 Å². The van der Waals surface area contributed by atoms with Gasteiger partial charge in [0.25, 0.3) is 0 Å². The third-order valence-corrected chi connectivity index (χ3v) is 5.48. The Morgan fingerprint density at radius 3 is 2.78 bits per heavy atom. The molecule has 0 bridgehead atoms. The Morgan fingerprint density at radius 2 is 2.04 bits per heavy atom. The van der Waals surface area contributed by atoms with Crippen LogP contribution in [0.1, 0.15) is 25.8 Å². The van der Waals surface area contributed by atoms with E-state index >= 15 is 0 Å². The van der Waals surface area contributed by atoms with E-state index in [-0.39, 0.29) is 17.9 Å². The van der Waals surface area contributed by atoms with Gasteiger partial charge in [-0.2, -0.15) is 0 Å². The molecule has 0 aliphatic carbocycles. The molecule has 2 aliphatic rings. The van der Waals surface area contributed by atoms with Gasteiger partial charge in [-0.1, -0.05) is 29.3 Å². The van der Waals surface area contributed by atoms with Crippen molar-refractivity contribution < 1.29 is 4.79 Å². The summed E-state index contributed by atoms with van der Waals surface area (Å²) in [5, 5.41) is 7.48. The fourth-order valence-electron chi connectivity index (χ4n) is 3.32. The summed E-state index contributed by atoms with van der Waals surface area (Å²) in [4.78, 5) is 12.7. The first kappa shape index (κ1) is 17.0. The summed E-state index contributed by atoms with van der Waals surface area (Å²) < 4.78 is 0. The fourth-order valence-corrected chi connectivity index (χ4v) is 3.62. The normalized spacial score (nSPS) is 27.6. The van der Waals surface area contributed by atoms with Gasteiger partial charge < -0.3 is 10.6 Å². The maximum absolute atomic E-state index is 12.7. The Hall–Kier alpha value is -0.850. The number of hydrogen-bond acceptors (Lipinski definition) is 4. The van der Waals surface area contributed by atoms with Crippen LogP contribution in [0.25, 0.3) is 0 Å². The van der Waals surface area contributed by atoms with Gasteiger partial charge >= 0.3 is 0 Å². The standard InChI is InChI=1S/C16H22Cl2N4O/c1-16(2,9-3-4-11(17)12(18)7-9)20-15(23)14-10-8-19-6-5-13(10)21-22-14/h3-4,7,10,13-14,19,21-22H,5-6,8H2,1-2H3,(H,20,23). The van der Waals surface area contributed by atoms with E-state index in [0.29, 0.717) is 16.1 Å². The van der Waals surface area contributed by atoms with E-state index in [1.54, 1.807) is 12.1 Å². The topological polar surface area (TPSA) is 65.2 Å². The highest BCUT2D eigenvalue weighted by molar-refractivity contribution is 6.42. The Labute approximate surface area is 146 Å². The molecule has 3 atom stereocenters. The highest BCUT2D eigenvalue weighted by Gasteiger charge is 2.42. The summed E-state index contributed by atoms with van der Waals surface area (Å²) in [6.07, 6.45) is 1.03. The lowest BCUT2D eigenvalue weighted by molar-refractivity contribution is -0.125. The monoisotopic (exact) mass is 356 g/mol. The maximum Gasteiger partial charge on any atom is 0.239 e. The van der Waals surface area contributed by atoms with Crippen LogP contribution >= 0.6 is 23.2 Å². The molecule has 7 heteroatoms. The second kappa shape index (κ2) is 6.57. The molecule has 2 saturated heterocycles. The van der Waals surface area contributed by atoms with Crippen LogP contribution in [0.15, 0.2) is 18.2 Å². The largest absolute Gasteiger partial charge is 0.346 e. The van der Waals surface area contributed by atoms with Crippen molar-refractivity contribution in [2.75, 3.05) is 13.1 Å². The van der Waals surface area contributed by atoms with Gasteiger partial charge in [0.15, 0.2) is 0 Å². The smallest absolute Gasteiger partial charge is 0.239 e. The van der Waals surface area contributed by atoms with Crippen LogP contribution in [0.5, 0.6) is 0 Å². The van der Waals surface area contributed by atoms with E-state index < -0.39 is 5.54 Å². The van der Waals surface area contributed by atoms with Crippen LogP contribution in [-0.4, -0.2) is 31.1 Å². The molecule has 126 valence electrons. The van der Waals surface area contributed by atoms with Gasteiger partial charge in [0, 0.05) is 18.5 Å². The molecule has 3 unspecified atom stereocenters. The molecule has 2 heterocycles. The lowest BCUT2D eigenvalue weighted by Gasteiger charge is -2.31. The zero-order chi connectivity index (χ0) is 16.6. The van der Waals surface area contributed by atoms with Crippen LogP contribution < -0.4 is 21.5 Å². The van der Waals surface area contributed by atoms with Crippen molar-refractivity contribution in [3.63, 3.8) is 0 Å². The number of halogens is 2. The van der Waals surface area contributed by atoms with Gasteiger partial charge in [0.05, 0.1) is 15.6 Å². The van der Waals surface area contributed by atoms with E-state index in [9.17, 15) is 4.79 Å². The average molecular weight is 357 g/mol. The Morgan fingerprint density at radius 1 is 1.26 bits per heavy atom. The number of carbonyl (C=O) groups is 1. The van der Waals surface area contributed by atoms with Gasteiger partial charge in [0.2, 0.25) is 5.91 Å². The first-order valence-electron chi connectivity index (χ1n) is 7.88. The Kier molecular flexibility index (Phi) is 4.85. The minimum Gasteiger partial charge on any atom is -0.346 e. The predicted octanol–water partition coefficient (Wildman–Crippen LogP) is 1.80. The fraction of sp³-hybridized carbons (Fsp3) is 0.562. The molecule has 1 aromatic rings. The number of amides is 1. The summed E-state index contributed by atoms with van der Waals surface area (Å²) in [6.45, 7) is 5.75. The summed E-state index contributed by atoms with van der Waals surface area (Å²) >= 11 is 12.1. The quantitative estimate of drug-likeness (QED) is 0.666. The minimum atomic E-state index is -0.535. The maximum atomic E-state index is 12.7. The molecule has 1 aromatic carbocycles. The van der Waals surface area contributed by atoms with Crippen molar-refractivity contribution in [2.45, 2.75) is 37.9 Å². The van der Waals surface area contributed by atoms with Crippen LogP contribution in [-0.2, 0) is 10.3 Å². The zero-order valence-corrected chi connectivity index (χ0v) is 14.8. The van der Waals surface area contributed by atoms with Gasteiger partial charge in [-0.25, -0.2) is 5.43 Å². The zero-order valence-electron chi connectivity index (χ0n) is 13.2. The molecule has 2 aliphatic heterocycles. The molecule has 0 radical (unpaired) electrons. The number of hydrogen-bond donors (Lipinski definition) is 4. The average Bonchev–Trinajstić information content (AvgIpc) is 2.93. The van der Waals surface area contributed by atoms with Crippen LogP contribution in [0, 0.1) is 5.92 Å². The summed E-state index contributed by atoms with van der Waals surface area (Å²) in [6, 6.07) is 5.55. The molecule has 4 N–H and O–H groups in total. The second-order valence-corrected chi connectivity index (χ2v) is 7.59. The number of hydrazine groups is 1. The van der Waals surface area contributed by atoms with Crippen molar-refractivity contribution in [3.05, 3.63) is 33.8 Å². The second-order valence-electron chi connectivity index (χ2n) is 6.77. The molecule has 1 amide bonds. The molecule has 3 rings (SSSR count). The number of carbonyl (C=O) groups excluding carboxylic acids is 1. The van der Waals surface area contributed by atoms with Crippen molar-refractivity contribution in [1.29, 1.82) is 0 Å². The Balaban J connectivity index is 1.72. The predicted molar refractivity (Wildman–Crippen MR) is 92.5 cm³/mol. The number of fused-ring (bicyclic) bond motifs is 1. The first-order chi connectivity index (χ1) is 10.9. The Bertz CT molecular complexity index is 608. The lowest BCUT2D eigenvalue weighted by atomic mass is 9.88. The van der Waals surface area contributed by atoms with E-state index in [4.69, 9.17) is 23.2 Å². The summed E-state index contributed by atoms with van der Waals surface area (Å²) in [5.41, 5.74) is 6.77. The number of nitrogens with one attached hydrogen (secondary N) is 4. The summed E-state index contributed by atoms with van der Waals surface area (Å²) in [5.74, 6) is 0.248. The molecule has 5 nitrogen and oxygen atoms in total. The van der Waals surface area contributed by atoms with E-state index in [1.807, 2.05) is 19.9 Å². The van der Waals surface area contributed by atoms with Crippen molar-refractivity contribution >= 4 is 29.1 Å². The lowest BCUT2D eigenvalue weighted by Crippen LogP contribution is -2.53. The third kappa shape index (κ3) is 3.49. The number of rotatable bonds is 3. The SMILES string of the molecule is CC(C)(NC(=O)C1NNC2CCNCC21)c1ccc(Cl)c(Cl)c1. The van der Waals surface area contributed by atoms with E-state index in [2.05, 4.69) is 21.5 Å². The van der Waals surface area contributed by atoms with Gasteiger partial charge in [-0.3, -0.25) is 10.2 Å². The minimum absolute atomic E-state index is 0.00947. The van der Waals surface area contributed by atoms with E-state index in [0.717, 1.165) is 25.1 Å². The molecular weight excluding hydrogens is 335 g/mol. The highest BCUT2D eigenvalue weighted by atomic mass is 35.5. The van der Waals surface area contributed by atoms with Gasteiger partial charge in [0.1, 0.15) is 6.04 Å². The number of benzene rings is 1. The third-order valence-electron chi connectivity index (χ3n) is 4.74. The summed E-state index contributed by atoms with van der Waals surface area (Å²) in [7, 11) is 0. The van der Waals surface area contributed by atoms with Crippen LogP contribution in [0.4, 0.5) is 0 Å². The molecular formula is C16H22Cl2N4O. The highest BCUT2D eigenvalue weighted by Crippen LogP contribution is 2.29. The molecule has 0 spiro atoms.